The third kappa shape index (κ3) is 0.863. The summed E-state index contributed by atoms with van der Waals surface area (Å²) < 4.78 is 0. The monoisotopic (exact) mass is 160 g/mol. The van der Waals surface area contributed by atoms with Gasteiger partial charge in [-0.25, -0.2) is 0 Å². The molecule has 2 rings (SSSR count). The topological polar surface area (TPSA) is 42.3 Å². The number of carbonyl (C=O) groups is 1. The molecule has 0 amide bonds. The van der Waals surface area contributed by atoms with Crippen molar-refractivity contribution in [3.63, 3.8) is 0 Å². The zero-order valence-electron chi connectivity index (χ0n) is 6.74. The fourth-order valence-electron chi connectivity index (χ4n) is 1.37. The van der Waals surface area contributed by atoms with E-state index in [0.29, 0.717) is 12.1 Å². The predicted octanol–water partition coefficient (Wildman–Crippen LogP) is 1.14. The lowest BCUT2D eigenvalue weighted by atomic mass is 10.1. The molecular weight excluding hydrogens is 152 g/mol. The quantitative estimate of drug-likeness (QED) is 0.578. The Hall–Kier alpha value is -1.51. The summed E-state index contributed by atoms with van der Waals surface area (Å²) in [5, 5.41) is 0. The molecule has 0 saturated heterocycles. The number of aliphatic imine (C=N–C) groups is 1. The molecule has 0 N–H and O–H groups in total. The van der Waals surface area contributed by atoms with Gasteiger partial charge in [-0.2, -0.15) is 0 Å². The lowest BCUT2D eigenvalue weighted by molar-refractivity contribution is 0.112. The molecule has 0 fully saturated rings. The molecule has 0 atom stereocenters. The van der Waals surface area contributed by atoms with E-state index in [2.05, 4.69) is 9.98 Å². The Morgan fingerprint density at radius 2 is 2.42 bits per heavy atom. The van der Waals surface area contributed by atoms with Crippen LogP contribution in [0.1, 0.15) is 27.2 Å². The fraction of sp³-hybridized carbons (Fsp3) is 0.222. The molecule has 0 aliphatic carbocycles. The molecule has 12 heavy (non-hydrogen) atoms. The van der Waals surface area contributed by atoms with Crippen LogP contribution in [0.15, 0.2) is 11.2 Å². The molecule has 3 nitrogen and oxygen atoms in total. The van der Waals surface area contributed by atoms with Gasteiger partial charge >= 0.3 is 0 Å². The minimum atomic E-state index is 0.618. The highest BCUT2D eigenvalue weighted by Crippen LogP contribution is 2.19. The van der Waals surface area contributed by atoms with Crippen molar-refractivity contribution in [3.05, 3.63) is 28.6 Å². The van der Waals surface area contributed by atoms with Crippen LogP contribution in [0, 0.1) is 6.92 Å². The largest absolute Gasteiger partial charge is 0.298 e. The summed E-state index contributed by atoms with van der Waals surface area (Å²) in [7, 11) is 0. The van der Waals surface area contributed by atoms with Crippen LogP contribution in [-0.4, -0.2) is 17.5 Å². The van der Waals surface area contributed by atoms with Gasteiger partial charge < -0.3 is 0 Å². The molecular formula is C9H8N2O. The number of aromatic nitrogens is 1. The maximum atomic E-state index is 10.6. The van der Waals surface area contributed by atoms with E-state index in [-0.39, 0.29) is 0 Å². The molecule has 1 aliphatic rings. The van der Waals surface area contributed by atoms with Gasteiger partial charge in [0.2, 0.25) is 0 Å². The first kappa shape index (κ1) is 7.16. The van der Waals surface area contributed by atoms with Crippen LogP contribution < -0.4 is 0 Å². The fourth-order valence-corrected chi connectivity index (χ4v) is 1.37. The second-order valence-corrected chi connectivity index (χ2v) is 2.78. The van der Waals surface area contributed by atoms with E-state index in [4.69, 9.17) is 0 Å². The van der Waals surface area contributed by atoms with Crippen molar-refractivity contribution < 1.29 is 4.79 Å². The van der Waals surface area contributed by atoms with Crippen molar-refractivity contribution >= 4 is 12.5 Å². The molecule has 2 heterocycles. The summed E-state index contributed by atoms with van der Waals surface area (Å²) in [6.07, 6.45) is 4.22. The van der Waals surface area contributed by atoms with Gasteiger partial charge in [0.1, 0.15) is 0 Å². The van der Waals surface area contributed by atoms with Gasteiger partial charge in [-0.15, -0.1) is 0 Å². The van der Waals surface area contributed by atoms with Crippen molar-refractivity contribution in [1.29, 1.82) is 0 Å². The average molecular weight is 160 g/mol. The summed E-state index contributed by atoms with van der Waals surface area (Å²) in [5.74, 6) is 0. The number of aldehydes is 1. The second-order valence-electron chi connectivity index (χ2n) is 2.78. The number of carbonyl (C=O) groups excluding carboxylic acids is 1. The minimum absolute atomic E-state index is 0.618. The van der Waals surface area contributed by atoms with Gasteiger partial charge in [-0.05, 0) is 12.5 Å². The van der Waals surface area contributed by atoms with Crippen LogP contribution in [0.25, 0.3) is 0 Å². The predicted molar refractivity (Wildman–Crippen MR) is 45.7 cm³/mol. The molecule has 3 heteroatoms. The van der Waals surface area contributed by atoms with Gasteiger partial charge in [0.05, 0.1) is 6.54 Å². The molecule has 1 aliphatic heterocycles. The lowest BCUT2D eigenvalue weighted by Gasteiger charge is -2.02. The number of fused-ring (bicyclic) bond motifs is 1. The molecule has 0 saturated carbocycles. The number of rotatable bonds is 1. The number of hydrogen-bond acceptors (Lipinski definition) is 3. The van der Waals surface area contributed by atoms with Gasteiger partial charge in [-0.1, -0.05) is 0 Å². The Balaban J connectivity index is 2.69. The van der Waals surface area contributed by atoms with Gasteiger partial charge in [0, 0.05) is 29.2 Å². The van der Waals surface area contributed by atoms with Crippen LogP contribution in [0.2, 0.25) is 0 Å². The van der Waals surface area contributed by atoms with Crippen molar-refractivity contribution in [2.45, 2.75) is 13.5 Å². The van der Waals surface area contributed by atoms with E-state index in [1.807, 2.05) is 6.92 Å². The van der Waals surface area contributed by atoms with E-state index < -0.39 is 0 Å². The maximum Gasteiger partial charge on any atom is 0.151 e. The molecule has 0 bridgehead atoms. The molecule has 1 aromatic rings. The molecule has 0 unspecified atom stereocenters. The number of pyridine rings is 1. The highest BCUT2D eigenvalue weighted by molar-refractivity contribution is 5.90. The second kappa shape index (κ2) is 2.52. The Bertz CT molecular complexity index is 369. The molecule has 0 radical (unpaired) electrons. The molecule has 1 aromatic heterocycles. The van der Waals surface area contributed by atoms with Gasteiger partial charge in [0.15, 0.2) is 6.29 Å². The smallest absolute Gasteiger partial charge is 0.151 e. The van der Waals surface area contributed by atoms with Gasteiger partial charge in [-0.3, -0.25) is 14.8 Å². The normalized spacial score (nSPS) is 13.1. The Kier molecular flexibility index (Phi) is 1.50. The third-order valence-electron chi connectivity index (χ3n) is 2.06. The summed E-state index contributed by atoms with van der Waals surface area (Å²) in [5.41, 5.74) is 3.63. The lowest BCUT2D eigenvalue weighted by Crippen LogP contribution is -1.98. The SMILES string of the molecule is Cc1ncc(C=O)c2c1C=NC2. The van der Waals surface area contributed by atoms with Crippen LogP contribution in [-0.2, 0) is 6.54 Å². The van der Waals surface area contributed by atoms with E-state index in [1.165, 1.54) is 0 Å². The van der Waals surface area contributed by atoms with Crippen LogP contribution in [0.3, 0.4) is 0 Å². The summed E-state index contributed by atoms with van der Waals surface area (Å²) in [6.45, 7) is 2.54. The number of hydrogen-bond donors (Lipinski definition) is 0. The standard InChI is InChI=1S/C9H8N2O/c1-6-8-3-10-4-9(8)7(5-12)2-11-6/h2-3,5H,4H2,1H3. The van der Waals surface area contributed by atoms with Crippen LogP contribution in [0.4, 0.5) is 0 Å². The summed E-state index contributed by atoms with van der Waals surface area (Å²) >= 11 is 0. The van der Waals surface area contributed by atoms with E-state index in [9.17, 15) is 4.79 Å². The van der Waals surface area contributed by atoms with Crippen molar-refractivity contribution in [3.8, 4) is 0 Å². The van der Waals surface area contributed by atoms with Gasteiger partial charge in [0.25, 0.3) is 0 Å². The first-order chi connectivity index (χ1) is 5.83. The summed E-state index contributed by atoms with van der Waals surface area (Å²) in [6, 6.07) is 0. The van der Waals surface area contributed by atoms with Crippen molar-refractivity contribution in [1.82, 2.24) is 4.98 Å². The zero-order valence-corrected chi connectivity index (χ0v) is 6.74. The minimum Gasteiger partial charge on any atom is -0.298 e. The first-order valence-electron chi connectivity index (χ1n) is 3.76. The Morgan fingerprint density at radius 1 is 1.58 bits per heavy atom. The third-order valence-corrected chi connectivity index (χ3v) is 2.06. The zero-order chi connectivity index (χ0) is 8.55. The molecule has 60 valence electrons. The highest BCUT2D eigenvalue weighted by atomic mass is 16.1. The Morgan fingerprint density at radius 3 is 3.17 bits per heavy atom. The molecule has 0 spiro atoms. The van der Waals surface area contributed by atoms with E-state index >= 15 is 0 Å². The molecule has 0 aromatic carbocycles. The number of aryl methyl sites for hydroxylation is 1. The van der Waals surface area contributed by atoms with E-state index in [0.717, 1.165) is 23.1 Å². The van der Waals surface area contributed by atoms with Crippen molar-refractivity contribution in [2.75, 3.05) is 0 Å². The first-order valence-corrected chi connectivity index (χ1v) is 3.76. The Labute approximate surface area is 70.2 Å². The van der Waals surface area contributed by atoms with Crippen LogP contribution in [0.5, 0.6) is 0 Å². The maximum absolute atomic E-state index is 10.6. The van der Waals surface area contributed by atoms with E-state index in [1.54, 1.807) is 12.4 Å². The number of nitrogens with zero attached hydrogens (tertiary/aromatic N) is 2. The van der Waals surface area contributed by atoms with Crippen LogP contribution >= 0.6 is 0 Å². The average Bonchev–Trinajstić information content (AvgIpc) is 2.54. The summed E-state index contributed by atoms with van der Waals surface area (Å²) in [4.78, 5) is 18.8. The highest BCUT2D eigenvalue weighted by Gasteiger charge is 2.13. The van der Waals surface area contributed by atoms with Crippen molar-refractivity contribution in [2.24, 2.45) is 4.99 Å².